The Morgan fingerprint density at radius 3 is 2.80 bits per heavy atom. The lowest BCUT2D eigenvalue weighted by atomic mass is 10.1. The number of carbonyl (C=O) groups excluding carboxylic acids is 1. The van der Waals surface area contributed by atoms with Crippen LogP contribution in [0.2, 0.25) is 0 Å². The highest BCUT2D eigenvalue weighted by molar-refractivity contribution is 7.07. The quantitative estimate of drug-likeness (QED) is 0.734. The van der Waals surface area contributed by atoms with Gasteiger partial charge in [0.15, 0.2) is 4.80 Å². The number of rotatable bonds is 1. The van der Waals surface area contributed by atoms with Gasteiger partial charge in [-0.25, -0.2) is 0 Å². The molecule has 0 saturated heterocycles. The van der Waals surface area contributed by atoms with E-state index in [1.807, 2.05) is 49.2 Å². The minimum atomic E-state index is -0.240. The van der Waals surface area contributed by atoms with Gasteiger partial charge in [0.1, 0.15) is 5.69 Å². The van der Waals surface area contributed by atoms with E-state index in [-0.39, 0.29) is 5.91 Å². The molecule has 5 heteroatoms. The van der Waals surface area contributed by atoms with Crippen molar-refractivity contribution in [3.63, 3.8) is 0 Å². The van der Waals surface area contributed by atoms with Gasteiger partial charge < -0.3 is 9.55 Å². The number of carbonyl (C=O) groups is 1. The zero-order valence-corrected chi connectivity index (χ0v) is 12.4. The van der Waals surface area contributed by atoms with E-state index in [1.165, 1.54) is 16.9 Å². The van der Waals surface area contributed by atoms with Crippen molar-refractivity contribution in [3.05, 3.63) is 51.4 Å². The Balaban J connectivity index is 2.09. The molecule has 1 N–H and O–H groups in total. The summed E-state index contributed by atoms with van der Waals surface area (Å²) in [5.74, 6) is -0.240. The van der Waals surface area contributed by atoms with Crippen LogP contribution in [0.5, 0.6) is 0 Å². The molecule has 0 fully saturated rings. The van der Waals surface area contributed by atoms with Crippen molar-refractivity contribution in [1.29, 1.82) is 0 Å². The molecule has 0 bridgehead atoms. The number of nitrogens with zero attached hydrogens (tertiary/aromatic N) is 2. The molecule has 0 unspecified atom stereocenters. The van der Waals surface area contributed by atoms with E-state index in [4.69, 9.17) is 0 Å². The summed E-state index contributed by atoms with van der Waals surface area (Å²) in [4.78, 5) is 20.2. The first-order valence-electron chi connectivity index (χ1n) is 6.34. The second-order valence-corrected chi connectivity index (χ2v) is 5.81. The lowest BCUT2D eigenvalue weighted by Gasteiger charge is -1.97. The van der Waals surface area contributed by atoms with E-state index >= 15 is 0 Å². The van der Waals surface area contributed by atoms with Crippen molar-refractivity contribution in [3.8, 4) is 0 Å². The largest absolute Gasteiger partial charge is 0.350 e. The predicted molar refractivity (Wildman–Crippen MR) is 81.0 cm³/mol. The molecular weight excluding hydrogens is 270 g/mol. The van der Waals surface area contributed by atoms with E-state index in [9.17, 15) is 4.79 Å². The van der Waals surface area contributed by atoms with Gasteiger partial charge in [0, 0.05) is 29.5 Å². The molecule has 1 amide bonds. The third kappa shape index (κ3) is 2.20. The monoisotopic (exact) mass is 285 g/mol. The normalized spacial score (nSPS) is 12.2. The van der Waals surface area contributed by atoms with E-state index < -0.39 is 0 Å². The Morgan fingerprint density at radius 1 is 1.30 bits per heavy atom. The van der Waals surface area contributed by atoms with Gasteiger partial charge in [-0.1, -0.05) is 6.07 Å². The highest BCUT2D eigenvalue weighted by Gasteiger charge is 2.10. The van der Waals surface area contributed by atoms with E-state index in [0.717, 1.165) is 16.5 Å². The number of fused-ring (bicyclic) bond motifs is 1. The zero-order chi connectivity index (χ0) is 14.3. The second kappa shape index (κ2) is 4.76. The number of hydrogen-bond donors (Lipinski definition) is 1. The fourth-order valence-electron chi connectivity index (χ4n) is 2.30. The average molecular weight is 285 g/mol. The van der Waals surface area contributed by atoms with Gasteiger partial charge >= 0.3 is 0 Å². The molecule has 0 aliphatic heterocycles. The van der Waals surface area contributed by atoms with Crippen molar-refractivity contribution in [1.82, 2.24) is 9.55 Å². The smallest absolute Gasteiger partial charge is 0.296 e. The molecule has 0 aliphatic carbocycles. The molecule has 2 aromatic heterocycles. The topological polar surface area (TPSA) is 50.1 Å². The zero-order valence-electron chi connectivity index (χ0n) is 11.6. The molecule has 3 rings (SSSR count). The standard InChI is InChI=1S/C15H15N3OS/c1-9-6-10(2)11-8-13(16-12(11)7-9)14(19)17-15-18(3)4-5-20-15/h4-8,16H,1-3H3. The van der Waals surface area contributed by atoms with E-state index in [0.29, 0.717) is 10.5 Å². The first-order chi connectivity index (χ1) is 9.54. The predicted octanol–water partition coefficient (Wildman–Crippen LogP) is 2.93. The highest BCUT2D eigenvalue weighted by Crippen LogP contribution is 2.21. The summed E-state index contributed by atoms with van der Waals surface area (Å²) < 4.78 is 1.83. The van der Waals surface area contributed by atoms with Crippen LogP contribution in [0, 0.1) is 13.8 Å². The molecule has 4 nitrogen and oxygen atoms in total. The molecule has 20 heavy (non-hydrogen) atoms. The van der Waals surface area contributed by atoms with Gasteiger partial charge in [0.05, 0.1) is 0 Å². The Bertz CT molecular complexity index is 867. The first kappa shape index (κ1) is 12.9. The number of thiazole rings is 1. The maximum absolute atomic E-state index is 12.2. The molecule has 3 aromatic rings. The molecule has 0 spiro atoms. The van der Waals surface area contributed by atoms with Gasteiger partial charge in [-0.2, -0.15) is 4.99 Å². The minimum absolute atomic E-state index is 0.240. The van der Waals surface area contributed by atoms with Gasteiger partial charge in [-0.3, -0.25) is 4.79 Å². The summed E-state index contributed by atoms with van der Waals surface area (Å²) >= 11 is 1.45. The maximum atomic E-state index is 12.2. The van der Waals surface area contributed by atoms with Crippen LogP contribution in [0.25, 0.3) is 10.9 Å². The Morgan fingerprint density at radius 2 is 2.10 bits per heavy atom. The molecular formula is C15H15N3OS. The highest BCUT2D eigenvalue weighted by atomic mass is 32.1. The molecule has 102 valence electrons. The molecule has 0 aliphatic rings. The summed E-state index contributed by atoms with van der Waals surface area (Å²) in [6, 6.07) is 6.04. The average Bonchev–Trinajstić information content (AvgIpc) is 2.96. The van der Waals surface area contributed by atoms with Crippen molar-refractivity contribution in [2.75, 3.05) is 0 Å². The third-order valence-electron chi connectivity index (χ3n) is 3.28. The van der Waals surface area contributed by atoms with Crippen molar-refractivity contribution >= 4 is 28.1 Å². The van der Waals surface area contributed by atoms with E-state index in [1.54, 1.807) is 0 Å². The number of nitrogens with one attached hydrogen (secondary N) is 1. The van der Waals surface area contributed by atoms with E-state index in [2.05, 4.69) is 16.0 Å². The number of aryl methyl sites for hydroxylation is 3. The van der Waals surface area contributed by atoms with Gasteiger partial charge in [0.2, 0.25) is 0 Å². The lowest BCUT2D eigenvalue weighted by molar-refractivity contribution is 0.0994. The number of benzene rings is 1. The third-order valence-corrected chi connectivity index (χ3v) is 4.12. The van der Waals surface area contributed by atoms with Gasteiger partial charge in [0.25, 0.3) is 5.91 Å². The Kier molecular flexibility index (Phi) is 3.06. The van der Waals surface area contributed by atoms with Crippen molar-refractivity contribution in [2.24, 2.45) is 12.0 Å². The SMILES string of the molecule is Cc1cc(C)c2cc(C(=O)N=c3sccn3C)[nH]c2c1. The molecule has 1 aromatic carbocycles. The van der Waals surface area contributed by atoms with Crippen LogP contribution < -0.4 is 4.80 Å². The summed E-state index contributed by atoms with van der Waals surface area (Å²) in [6.07, 6.45) is 1.88. The van der Waals surface area contributed by atoms with Crippen LogP contribution in [0.3, 0.4) is 0 Å². The van der Waals surface area contributed by atoms with Crippen LogP contribution in [0.15, 0.2) is 34.8 Å². The molecule has 0 saturated carbocycles. The van der Waals surface area contributed by atoms with Crippen molar-refractivity contribution < 1.29 is 4.79 Å². The second-order valence-electron chi connectivity index (χ2n) is 4.94. The van der Waals surface area contributed by atoms with Gasteiger partial charge in [-0.05, 0) is 37.1 Å². The van der Waals surface area contributed by atoms with Gasteiger partial charge in [-0.15, -0.1) is 11.3 Å². The minimum Gasteiger partial charge on any atom is -0.350 e. The van der Waals surface area contributed by atoms with Crippen LogP contribution >= 0.6 is 11.3 Å². The fraction of sp³-hybridized carbons (Fsp3) is 0.200. The maximum Gasteiger partial charge on any atom is 0.296 e. The van der Waals surface area contributed by atoms with Crippen LogP contribution in [-0.4, -0.2) is 15.5 Å². The molecule has 0 radical (unpaired) electrons. The Labute approximate surface area is 120 Å². The number of aromatic amines is 1. The summed E-state index contributed by atoms with van der Waals surface area (Å²) in [5.41, 5.74) is 3.85. The van der Waals surface area contributed by atoms with Crippen LogP contribution in [0.4, 0.5) is 0 Å². The number of aromatic nitrogens is 2. The Hall–Kier alpha value is -2.14. The molecule has 2 heterocycles. The number of amides is 1. The first-order valence-corrected chi connectivity index (χ1v) is 7.22. The summed E-state index contributed by atoms with van der Waals surface area (Å²) in [5, 5.41) is 2.98. The summed E-state index contributed by atoms with van der Waals surface area (Å²) in [6.45, 7) is 4.10. The number of H-pyrrole nitrogens is 1. The number of hydrogen-bond acceptors (Lipinski definition) is 2. The van der Waals surface area contributed by atoms with Crippen LogP contribution in [-0.2, 0) is 7.05 Å². The summed E-state index contributed by atoms with van der Waals surface area (Å²) in [7, 11) is 1.88. The fourth-order valence-corrected chi connectivity index (χ4v) is 3.02. The van der Waals surface area contributed by atoms with Crippen LogP contribution in [0.1, 0.15) is 21.6 Å². The van der Waals surface area contributed by atoms with Crippen molar-refractivity contribution in [2.45, 2.75) is 13.8 Å². The molecule has 0 atom stereocenters. The lowest BCUT2D eigenvalue weighted by Crippen LogP contribution is -2.12.